The lowest BCUT2D eigenvalue weighted by atomic mass is 9.97. The number of nitrogens with zero attached hydrogens (tertiary/aromatic N) is 3. The Labute approximate surface area is 208 Å². The second-order valence-corrected chi connectivity index (χ2v) is 8.66. The van der Waals surface area contributed by atoms with Crippen LogP contribution in [0.15, 0.2) is 60.8 Å². The van der Waals surface area contributed by atoms with Gasteiger partial charge in [0, 0.05) is 37.3 Å². The molecule has 4 rings (SSSR count). The van der Waals surface area contributed by atoms with Crippen LogP contribution in [0.2, 0.25) is 0 Å². The molecule has 10 heteroatoms. The first-order valence-electron chi connectivity index (χ1n) is 11.7. The van der Waals surface area contributed by atoms with Crippen LogP contribution in [0.25, 0.3) is 11.3 Å². The fraction of sp³-hybridized carbons (Fsp3) is 0.269. The Morgan fingerprint density at radius 2 is 1.75 bits per heavy atom. The first-order valence-corrected chi connectivity index (χ1v) is 11.7. The largest absolute Gasteiger partial charge is 0.465 e. The van der Waals surface area contributed by atoms with Crippen LogP contribution in [0.4, 0.5) is 10.6 Å². The van der Waals surface area contributed by atoms with E-state index in [4.69, 9.17) is 10.8 Å². The number of carboxylic acid groups (broad SMARTS) is 1. The van der Waals surface area contributed by atoms with Crippen LogP contribution in [0, 0.1) is 5.92 Å². The summed E-state index contributed by atoms with van der Waals surface area (Å²) in [5.41, 5.74) is 8.44. The number of nitrogens with one attached hydrogen (secondary N) is 2. The standard InChI is InChI=1S/C26H28N6O4/c27-23-22(25(34)30-15-18-9-11-32(12-10-18)26(35)36)31-21(16-28-23)19-7-4-8-20(13-19)24(33)29-14-17-5-2-1-3-6-17/h1-8,13,16,18H,9-12,14-15H2,(H2,27,28)(H,29,33)(H,30,34)(H,35,36). The predicted molar refractivity (Wildman–Crippen MR) is 134 cm³/mol. The summed E-state index contributed by atoms with van der Waals surface area (Å²) in [4.78, 5) is 46.4. The number of carbonyl (C=O) groups excluding carboxylic acids is 2. The zero-order chi connectivity index (χ0) is 25.5. The zero-order valence-electron chi connectivity index (χ0n) is 19.7. The minimum atomic E-state index is -0.921. The molecule has 0 saturated carbocycles. The highest BCUT2D eigenvalue weighted by Gasteiger charge is 2.23. The van der Waals surface area contributed by atoms with Crippen molar-refractivity contribution in [1.29, 1.82) is 0 Å². The highest BCUT2D eigenvalue weighted by Crippen LogP contribution is 2.21. The van der Waals surface area contributed by atoms with Crippen LogP contribution in [0.1, 0.15) is 39.3 Å². The second-order valence-electron chi connectivity index (χ2n) is 8.66. The van der Waals surface area contributed by atoms with Crippen molar-refractivity contribution in [1.82, 2.24) is 25.5 Å². The first kappa shape index (κ1) is 24.6. The zero-order valence-corrected chi connectivity index (χ0v) is 19.7. The Hall–Kier alpha value is -4.47. The van der Waals surface area contributed by atoms with E-state index in [1.54, 1.807) is 24.3 Å². The quantitative estimate of drug-likeness (QED) is 0.399. The highest BCUT2D eigenvalue weighted by molar-refractivity contribution is 5.97. The van der Waals surface area contributed by atoms with Crippen molar-refractivity contribution in [3.05, 3.63) is 77.6 Å². The Morgan fingerprint density at radius 1 is 1.00 bits per heavy atom. The number of benzene rings is 2. The van der Waals surface area contributed by atoms with Gasteiger partial charge in [-0.05, 0) is 36.5 Å². The van der Waals surface area contributed by atoms with Crippen molar-refractivity contribution in [3.63, 3.8) is 0 Å². The molecule has 1 saturated heterocycles. The third kappa shape index (κ3) is 6.15. The number of anilines is 1. The number of amides is 3. The molecule has 0 unspecified atom stereocenters. The van der Waals surface area contributed by atoms with Crippen LogP contribution < -0.4 is 16.4 Å². The summed E-state index contributed by atoms with van der Waals surface area (Å²) in [6.45, 7) is 1.70. The van der Waals surface area contributed by atoms with E-state index in [0.29, 0.717) is 55.8 Å². The van der Waals surface area contributed by atoms with Crippen LogP contribution >= 0.6 is 0 Å². The van der Waals surface area contributed by atoms with Crippen LogP contribution in [-0.2, 0) is 6.54 Å². The Balaban J connectivity index is 1.40. The molecule has 1 aliphatic heterocycles. The van der Waals surface area contributed by atoms with Crippen molar-refractivity contribution in [3.8, 4) is 11.3 Å². The maximum atomic E-state index is 12.8. The Kier molecular flexibility index (Phi) is 7.74. The van der Waals surface area contributed by atoms with Gasteiger partial charge >= 0.3 is 6.09 Å². The molecule has 10 nitrogen and oxygen atoms in total. The SMILES string of the molecule is Nc1ncc(-c2cccc(C(=O)NCc3ccccc3)c2)nc1C(=O)NCC1CCN(C(=O)O)CC1. The Bertz CT molecular complexity index is 1240. The Morgan fingerprint density at radius 3 is 2.47 bits per heavy atom. The molecule has 36 heavy (non-hydrogen) atoms. The number of piperidine rings is 1. The number of aromatic nitrogens is 2. The average Bonchev–Trinajstić information content (AvgIpc) is 2.91. The second kappa shape index (κ2) is 11.3. The molecule has 1 fully saturated rings. The lowest BCUT2D eigenvalue weighted by molar-refractivity contribution is 0.0923. The number of nitrogen functional groups attached to an aromatic ring is 1. The van der Waals surface area contributed by atoms with E-state index in [2.05, 4.69) is 20.6 Å². The van der Waals surface area contributed by atoms with Gasteiger partial charge in [-0.2, -0.15) is 0 Å². The predicted octanol–water partition coefficient (Wildman–Crippen LogP) is 2.78. The van der Waals surface area contributed by atoms with Gasteiger partial charge in [0.25, 0.3) is 11.8 Å². The van der Waals surface area contributed by atoms with Gasteiger partial charge in [0.15, 0.2) is 11.5 Å². The summed E-state index contributed by atoms with van der Waals surface area (Å²) < 4.78 is 0. The molecule has 0 atom stereocenters. The fourth-order valence-electron chi connectivity index (χ4n) is 4.05. The van der Waals surface area contributed by atoms with Gasteiger partial charge in [0.05, 0.1) is 11.9 Å². The summed E-state index contributed by atoms with van der Waals surface area (Å²) in [6, 6.07) is 16.5. The minimum absolute atomic E-state index is 0.00806. The first-order chi connectivity index (χ1) is 17.4. The minimum Gasteiger partial charge on any atom is -0.465 e. The van der Waals surface area contributed by atoms with Crippen LogP contribution in [0.3, 0.4) is 0 Å². The van der Waals surface area contributed by atoms with E-state index >= 15 is 0 Å². The van der Waals surface area contributed by atoms with Gasteiger partial charge in [-0.15, -0.1) is 0 Å². The molecular weight excluding hydrogens is 460 g/mol. The summed E-state index contributed by atoms with van der Waals surface area (Å²) >= 11 is 0. The molecule has 0 spiro atoms. The normalized spacial score (nSPS) is 13.7. The molecular formula is C26H28N6O4. The molecule has 2 aromatic carbocycles. The summed E-state index contributed by atoms with van der Waals surface area (Å²) in [5, 5.41) is 14.8. The lowest BCUT2D eigenvalue weighted by Crippen LogP contribution is -2.41. The molecule has 3 amide bonds. The molecule has 1 aliphatic rings. The van der Waals surface area contributed by atoms with E-state index in [9.17, 15) is 14.4 Å². The number of hydrogen-bond donors (Lipinski definition) is 4. The topological polar surface area (TPSA) is 151 Å². The summed E-state index contributed by atoms with van der Waals surface area (Å²) in [5.74, 6) is -0.489. The number of likely N-dealkylation sites (tertiary alicyclic amines) is 1. The maximum absolute atomic E-state index is 12.8. The van der Waals surface area contributed by atoms with Crippen molar-refractivity contribution >= 4 is 23.7 Å². The molecule has 1 aromatic heterocycles. The molecule has 5 N–H and O–H groups in total. The lowest BCUT2D eigenvalue weighted by Gasteiger charge is -2.29. The molecule has 186 valence electrons. The molecule has 0 aliphatic carbocycles. The van der Waals surface area contributed by atoms with Crippen molar-refractivity contribution in [2.45, 2.75) is 19.4 Å². The van der Waals surface area contributed by atoms with Crippen LogP contribution in [0.5, 0.6) is 0 Å². The van der Waals surface area contributed by atoms with Crippen LogP contribution in [-0.4, -0.2) is 57.5 Å². The molecule has 0 bridgehead atoms. The third-order valence-electron chi connectivity index (χ3n) is 6.17. The summed E-state index contributed by atoms with van der Waals surface area (Å²) in [7, 11) is 0. The average molecular weight is 489 g/mol. The highest BCUT2D eigenvalue weighted by atomic mass is 16.4. The number of nitrogens with two attached hydrogens (primary N) is 1. The summed E-state index contributed by atoms with van der Waals surface area (Å²) in [6.07, 6.45) is 1.89. The monoisotopic (exact) mass is 488 g/mol. The van der Waals surface area contributed by atoms with Gasteiger partial charge in [-0.25, -0.2) is 14.8 Å². The van der Waals surface area contributed by atoms with Gasteiger partial charge in [0.1, 0.15) is 0 Å². The van der Waals surface area contributed by atoms with E-state index in [1.165, 1.54) is 11.1 Å². The third-order valence-corrected chi connectivity index (χ3v) is 6.17. The van der Waals surface area contributed by atoms with Crippen molar-refractivity contribution < 1.29 is 19.5 Å². The van der Waals surface area contributed by atoms with Gasteiger partial charge in [0.2, 0.25) is 0 Å². The van der Waals surface area contributed by atoms with E-state index in [-0.39, 0.29) is 23.3 Å². The number of rotatable bonds is 7. The van der Waals surface area contributed by atoms with Gasteiger partial charge in [-0.1, -0.05) is 42.5 Å². The smallest absolute Gasteiger partial charge is 0.407 e. The number of carbonyl (C=O) groups is 3. The van der Waals surface area contributed by atoms with E-state index in [1.807, 2.05) is 30.3 Å². The molecule has 2 heterocycles. The molecule has 0 radical (unpaired) electrons. The van der Waals surface area contributed by atoms with E-state index < -0.39 is 12.0 Å². The molecule has 3 aromatic rings. The van der Waals surface area contributed by atoms with Crippen molar-refractivity contribution in [2.75, 3.05) is 25.4 Å². The maximum Gasteiger partial charge on any atom is 0.407 e. The van der Waals surface area contributed by atoms with Crippen molar-refractivity contribution in [2.24, 2.45) is 5.92 Å². The number of hydrogen-bond acceptors (Lipinski definition) is 6. The fourth-order valence-corrected chi connectivity index (χ4v) is 4.05. The van der Waals surface area contributed by atoms with Gasteiger partial charge in [-0.3, -0.25) is 9.59 Å². The van der Waals surface area contributed by atoms with E-state index in [0.717, 1.165) is 5.56 Å². The van der Waals surface area contributed by atoms with Gasteiger partial charge < -0.3 is 26.4 Å².